The largest absolute Gasteiger partial charge is 0.482 e. The van der Waals surface area contributed by atoms with E-state index < -0.39 is 11.9 Å². The monoisotopic (exact) mass is 555 g/mol. The van der Waals surface area contributed by atoms with Crippen molar-refractivity contribution in [2.75, 3.05) is 50.1 Å². The van der Waals surface area contributed by atoms with Crippen LogP contribution < -0.4 is 15.0 Å². The van der Waals surface area contributed by atoms with Crippen molar-refractivity contribution in [2.45, 2.75) is 6.92 Å². The molecule has 3 aromatic carbocycles. The Morgan fingerprint density at radius 3 is 2.29 bits per heavy atom. The van der Waals surface area contributed by atoms with E-state index in [2.05, 4.69) is 10.2 Å². The summed E-state index contributed by atoms with van der Waals surface area (Å²) < 4.78 is 10.5. The van der Waals surface area contributed by atoms with Crippen LogP contribution in [0.4, 0.5) is 11.4 Å². The van der Waals surface area contributed by atoms with Gasteiger partial charge in [-0.3, -0.25) is 9.59 Å². The molecule has 1 saturated heterocycles. The third kappa shape index (κ3) is 6.38. The van der Waals surface area contributed by atoms with E-state index in [1.807, 2.05) is 18.2 Å². The number of piperazine rings is 1. The van der Waals surface area contributed by atoms with Crippen LogP contribution in [-0.4, -0.2) is 62.6 Å². The molecule has 0 aromatic heterocycles. The van der Waals surface area contributed by atoms with Crippen LogP contribution >= 0.6 is 23.2 Å². The van der Waals surface area contributed by atoms with Crippen molar-refractivity contribution in [3.05, 3.63) is 87.4 Å². The van der Waals surface area contributed by atoms with Gasteiger partial charge >= 0.3 is 5.97 Å². The molecule has 4 rings (SSSR count). The quantitative estimate of drug-likeness (QED) is 0.409. The topological polar surface area (TPSA) is 88.2 Å². The van der Waals surface area contributed by atoms with Gasteiger partial charge < -0.3 is 24.6 Å². The Balaban J connectivity index is 1.48. The fourth-order valence-corrected chi connectivity index (χ4v) is 4.92. The number of hydrogen-bond acceptors (Lipinski definition) is 6. The highest BCUT2D eigenvalue weighted by molar-refractivity contribution is 6.35. The molecule has 1 fully saturated rings. The van der Waals surface area contributed by atoms with Gasteiger partial charge in [0.15, 0.2) is 6.61 Å². The minimum absolute atomic E-state index is 0.0203. The molecule has 2 amide bonds. The van der Waals surface area contributed by atoms with Crippen molar-refractivity contribution < 1.29 is 23.9 Å². The Labute approximate surface area is 231 Å². The first-order chi connectivity index (χ1) is 18.3. The zero-order valence-corrected chi connectivity index (χ0v) is 22.5. The number of esters is 1. The number of rotatable bonds is 7. The number of nitrogens with one attached hydrogen (secondary N) is 1. The third-order valence-corrected chi connectivity index (χ3v) is 6.66. The van der Waals surface area contributed by atoms with E-state index in [1.165, 1.54) is 7.11 Å². The number of ether oxygens (including phenoxy) is 2. The average Bonchev–Trinajstić information content (AvgIpc) is 2.92. The second-order valence-electron chi connectivity index (χ2n) is 8.74. The van der Waals surface area contributed by atoms with Crippen LogP contribution in [0.3, 0.4) is 0 Å². The van der Waals surface area contributed by atoms with Gasteiger partial charge in [0.05, 0.1) is 29.1 Å². The summed E-state index contributed by atoms with van der Waals surface area (Å²) in [5, 5.41) is 3.62. The van der Waals surface area contributed by atoms with Crippen molar-refractivity contribution in [1.29, 1.82) is 0 Å². The lowest BCUT2D eigenvalue weighted by Crippen LogP contribution is -2.49. The second kappa shape index (κ2) is 12.2. The first kappa shape index (κ1) is 27.3. The number of amides is 2. The molecule has 3 aromatic rings. The summed E-state index contributed by atoms with van der Waals surface area (Å²) in [7, 11) is 1.30. The second-order valence-corrected chi connectivity index (χ2v) is 9.58. The number of carbonyl (C=O) groups is 3. The van der Waals surface area contributed by atoms with Crippen LogP contribution in [0.25, 0.3) is 0 Å². The molecule has 0 bridgehead atoms. The fraction of sp³-hybridized carbons (Fsp3) is 0.250. The third-order valence-electron chi connectivity index (χ3n) is 6.16. The van der Waals surface area contributed by atoms with Gasteiger partial charge in [-0.15, -0.1) is 0 Å². The van der Waals surface area contributed by atoms with Gasteiger partial charge in [-0.25, -0.2) is 4.79 Å². The minimum atomic E-state index is -0.523. The summed E-state index contributed by atoms with van der Waals surface area (Å²) in [5.74, 6) is -0.608. The zero-order chi connectivity index (χ0) is 27.2. The van der Waals surface area contributed by atoms with Crippen LogP contribution in [0.1, 0.15) is 26.3 Å². The molecule has 0 aliphatic carbocycles. The molecular weight excluding hydrogens is 529 g/mol. The van der Waals surface area contributed by atoms with Gasteiger partial charge in [0.2, 0.25) is 0 Å². The van der Waals surface area contributed by atoms with Crippen LogP contribution in [0.15, 0.2) is 60.7 Å². The molecule has 0 spiro atoms. The zero-order valence-electron chi connectivity index (χ0n) is 21.0. The van der Waals surface area contributed by atoms with Crippen LogP contribution in [0, 0.1) is 6.92 Å². The van der Waals surface area contributed by atoms with E-state index in [0.717, 1.165) is 5.69 Å². The lowest BCUT2D eigenvalue weighted by Gasteiger charge is -2.37. The average molecular weight is 556 g/mol. The molecule has 10 heteroatoms. The van der Waals surface area contributed by atoms with Crippen molar-refractivity contribution in [2.24, 2.45) is 0 Å². The Bertz CT molecular complexity index is 1320. The van der Waals surface area contributed by atoms with Crippen LogP contribution in [0.2, 0.25) is 10.0 Å². The number of benzene rings is 3. The molecule has 1 aliphatic rings. The molecule has 0 unspecified atom stereocenters. The number of halogens is 2. The van der Waals surface area contributed by atoms with Gasteiger partial charge in [0.25, 0.3) is 11.8 Å². The molecule has 0 saturated carbocycles. The number of methoxy groups -OCH3 is 1. The van der Waals surface area contributed by atoms with Crippen molar-refractivity contribution in [1.82, 2.24) is 4.90 Å². The van der Waals surface area contributed by atoms with Gasteiger partial charge in [-0.1, -0.05) is 41.4 Å². The van der Waals surface area contributed by atoms with E-state index in [-0.39, 0.29) is 12.5 Å². The van der Waals surface area contributed by atoms with Crippen molar-refractivity contribution in [3.8, 4) is 5.75 Å². The highest BCUT2D eigenvalue weighted by Gasteiger charge is 2.25. The molecule has 1 heterocycles. The number of hydrogen-bond donors (Lipinski definition) is 1. The van der Waals surface area contributed by atoms with E-state index in [1.54, 1.807) is 54.3 Å². The molecule has 8 nitrogen and oxygen atoms in total. The minimum Gasteiger partial charge on any atom is -0.482 e. The first-order valence-corrected chi connectivity index (χ1v) is 12.7. The molecule has 198 valence electrons. The number of nitrogens with zero attached hydrogens (tertiary/aromatic N) is 2. The van der Waals surface area contributed by atoms with E-state index >= 15 is 0 Å². The maximum Gasteiger partial charge on any atom is 0.337 e. The first-order valence-electron chi connectivity index (χ1n) is 12.0. The summed E-state index contributed by atoms with van der Waals surface area (Å²) in [6, 6.07) is 17.4. The fourth-order valence-electron chi connectivity index (χ4n) is 4.27. The number of anilines is 2. The maximum absolute atomic E-state index is 12.9. The Hall–Kier alpha value is -3.75. The predicted molar refractivity (Wildman–Crippen MR) is 148 cm³/mol. The van der Waals surface area contributed by atoms with E-state index in [0.29, 0.717) is 64.4 Å². The lowest BCUT2D eigenvalue weighted by molar-refractivity contribution is -0.118. The molecular formula is C28H27Cl2N3O5. The normalized spacial score (nSPS) is 13.2. The molecule has 1 aliphatic heterocycles. The van der Waals surface area contributed by atoms with Gasteiger partial charge in [-0.2, -0.15) is 0 Å². The molecule has 38 heavy (non-hydrogen) atoms. The summed E-state index contributed by atoms with van der Waals surface area (Å²) in [4.78, 5) is 41.7. The highest BCUT2D eigenvalue weighted by Crippen LogP contribution is 2.32. The van der Waals surface area contributed by atoms with Gasteiger partial charge in [-0.05, 0) is 55.0 Å². The van der Waals surface area contributed by atoms with E-state index in [4.69, 9.17) is 32.7 Å². The summed E-state index contributed by atoms with van der Waals surface area (Å²) in [5.41, 5.74) is 2.79. The highest BCUT2D eigenvalue weighted by atomic mass is 35.5. The van der Waals surface area contributed by atoms with Gasteiger partial charge in [0, 0.05) is 36.8 Å². The Kier molecular flexibility index (Phi) is 8.76. The summed E-state index contributed by atoms with van der Waals surface area (Å²) >= 11 is 12.2. The Morgan fingerprint density at radius 1 is 0.921 bits per heavy atom. The molecule has 0 atom stereocenters. The predicted octanol–water partition coefficient (Wildman–Crippen LogP) is 5.07. The number of aryl methyl sites for hydroxylation is 1. The standard InChI is InChI=1S/C28H27Cl2N3O5/c1-18-14-21(29)16-22(30)26(18)38-17-25(34)31-23-15-20(28(36)37-2)8-9-24(23)32-10-12-33(13-11-32)27(35)19-6-4-3-5-7-19/h3-9,14-16H,10-13,17H2,1-2H3,(H,31,34). The SMILES string of the molecule is COC(=O)c1ccc(N2CCN(C(=O)c3ccccc3)CC2)c(NC(=O)COc2c(C)cc(Cl)cc2Cl)c1. The Morgan fingerprint density at radius 2 is 1.63 bits per heavy atom. The summed E-state index contributed by atoms with van der Waals surface area (Å²) in [6.45, 7) is 3.60. The van der Waals surface area contributed by atoms with Crippen molar-refractivity contribution in [3.63, 3.8) is 0 Å². The lowest BCUT2D eigenvalue weighted by atomic mass is 10.1. The maximum atomic E-state index is 12.9. The van der Waals surface area contributed by atoms with Gasteiger partial charge in [0.1, 0.15) is 5.75 Å². The molecule has 0 radical (unpaired) electrons. The summed E-state index contributed by atoms with van der Waals surface area (Å²) in [6.07, 6.45) is 0. The molecule has 1 N–H and O–H groups in total. The smallest absolute Gasteiger partial charge is 0.337 e. The van der Waals surface area contributed by atoms with Crippen molar-refractivity contribution >= 4 is 52.4 Å². The number of carbonyl (C=O) groups excluding carboxylic acids is 3. The van der Waals surface area contributed by atoms with Crippen LogP contribution in [0.5, 0.6) is 5.75 Å². The van der Waals surface area contributed by atoms with E-state index in [9.17, 15) is 14.4 Å². The van der Waals surface area contributed by atoms with Crippen LogP contribution in [-0.2, 0) is 9.53 Å².